The van der Waals surface area contributed by atoms with E-state index in [-0.39, 0.29) is 0 Å². The second-order valence-corrected chi connectivity index (χ2v) is 7.00. The molecule has 3 aliphatic rings. The number of likely N-dealkylation sites (tertiary alicyclic amines) is 1. The van der Waals surface area contributed by atoms with Gasteiger partial charge in [0.05, 0.1) is 0 Å². The summed E-state index contributed by atoms with van der Waals surface area (Å²) in [7, 11) is 0. The molecule has 98 valence electrons. The van der Waals surface area contributed by atoms with Gasteiger partial charge in [-0.05, 0) is 55.9 Å². The Balaban J connectivity index is 1.61. The highest BCUT2D eigenvalue weighted by atomic mass is 15.1. The second-order valence-electron chi connectivity index (χ2n) is 7.00. The van der Waals surface area contributed by atoms with Crippen LogP contribution < -0.4 is 5.73 Å². The molecule has 2 nitrogen and oxygen atoms in total. The van der Waals surface area contributed by atoms with Gasteiger partial charge in [-0.1, -0.05) is 19.3 Å². The van der Waals surface area contributed by atoms with E-state index in [0.717, 1.165) is 18.4 Å². The van der Waals surface area contributed by atoms with Crippen LogP contribution in [0.3, 0.4) is 0 Å². The molecule has 1 saturated heterocycles. The Morgan fingerprint density at radius 2 is 1.65 bits per heavy atom. The lowest BCUT2D eigenvalue weighted by Crippen LogP contribution is -2.48. The minimum Gasteiger partial charge on any atom is -0.330 e. The highest BCUT2D eigenvalue weighted by molar-refractivity contribution is 4.91. The molecule has 17 heavy (non-hydrogen) atoms. The van der Waals surface area contributed by atoms with Crippen LogP contribution in [0.25, 0.3) is 0 Å². The Morgan fingerprint density at radius 3 is 2.24 bits per heavy atom. The first kappa shape index (κ1) is 12.0. The monoisotopic (exact) mass is 236 g/mol. The van der Waals surface area contributed by atoms with E-state index in [1.807, 2.05) is 0 Å². The third-order valence-electron chi connectivity index (χ3n) is 5.58. The molecule has 0 spiro atoms. The van der Waals surface area contributed by atoms with E-state index in [0.29, 0.717) is 5.41 Å². The van der Waals surface area contributed by atoms with Gasteiger partial charge < -0.3 is 10.6 Å². The van der Waals surface area contributed by atoms with Gasteiger partial charge >= 0.3 is 0 Å². The Hall–Kier alpha value is -0.0800. The molecule has 3 rings (SSSR count). The first-order valence-electron chi connectivity index (χ1n) is 7.72. The molecular formula is C15H28N2. The van der Waals surface area contributed by atoms with Crippen LogP contribution in [-0.2, 0) is 0 Å². The molecule has 0 radical (unpaired) electrons. The molecule has 0 aromatic heterocycles. The van der Waals surface area contributed by atoms with Gasteiger partial charge in [-0.25, -0.2) is 0 Å². The van der Waals surface area contributed by atoms with Crippen LogP contribution in [0.4, 0.5) is 0 Å². The SMILES string of the molecule is NCC1(CN2CC3CCCC(C3)C2)CCCC1. The van der Waals surface area contributed by atoms with E-state index in [4.69, 9.17) is 5.73 Å². The van der Waals surface area contributed by atoms with Gasteiger partial charge in [0.2, 0.25) is 0 Å². The summed E-state index contributed by atoms with van der Waals surface area (Å²) < 4.78 is 0. The van der Waals surface area contributed by atoms with Crippen LogP contribution >= 0.6 is 0 Å². The maximum atomic E-state index is 6.08. The van der Waals surface area contributed by atoms with Crippen molar-refractivity contribution in [2.24, 2.45) is 23.0 Å². The summed E-state index contributed by atoms with van der Waals surface area (Å²) in [6.07, 6.45) is 11.6. The van der Waals surface area contributed by atoms with E-state index in [1.165, 1.54) is 71.0 Å². The highest BCUT2D eigenvalue weighted by Crippen LogP contribution is 2.40. The lowest BCUT2D eigenvalue weighted by Gasteiger charge is -2.44. The van der Waals surface area contributed by atoms with Gasteiger partial charge in [0.1, 0.15) is 0 Å². The maximum absolute atomic E-state index is 6.08. The summed E-state index contributed by atoms with van der Waals surface area (Å²) in [5.41, 5.74) is 6.57. The van der Waals surface area contributed by atoms with Crippen LogP contribution in [0.15, 0.2) is 0 Å². The van der Waals surface area contributed by atoms with Crippen molar-refractivity contribution in [2.75, 3.05) is 26.2 Å². The lowest BCUT2D eigenvalue weighted by atomic mass is 9.76. The standard InChI is InChI=1S/C15H28N2/c16-11-15(6-1-2-7-15)12-17-9-13-4-3-5-14(8-13)10-17/h13-14H,1-12,16H2. The lowest BCUT2D eigenvalue weighted by molar-refractivity contribution is 0.0515. The minimum atomic E-state index is 0.492. The van der Waals surface area contributed by atoms with Gasteiger partial charge in [-0.2, -0.15) is 0 Å². The fraction of sp³-hybridized carbons (Fsp3) is 1.00. The molecule has 2 aliphatic carbocycles. The predicted molar refractivity (Wildman–Crippen MR) is 71.8 cm³/mol. The van der Waals surface area contributed by atoms with Crippen LogP contribution in [0.1, 0.15) is 51.4 Å². The molecule has 0 aromatic rings. The molecule has 0 amide bonds. The van der Waals surface area contributed by atoms with Crippen molar-refractivity contribution in [2.45, 2.75) is 51.4 Å². The van der Waals surface area contributed by atoms with Crippen molar-refractivity contribution >= 4 is 0 Å². The number of nitrogens with zero attached hydrogens (tertiary/aromatic N) is 1. The smallest absolute Gasteiger partial charge is 0.00503 e. The first-order valence-corrected chi connectivity index (χ1v) is 7.72. The Morgan fingerprint density at radius 1 is 1.00 bits per heavy atom. The Kier molecular flexibility index (Phi) is 3.45. The summed E-state index contributed by atoms with van der Waals surface area (Å²) in [4.78, 5) is 2.77. The molecule has 2 heteroatoms. The number of rotatable bonds is 3. The van der Waals surface area contributed by atoms with Crippen LogP contribution in [0.2, 0.25) is 0 Å². The van der Waals surface area contributed by atoms with Crippen LogP contribution in [-0.4, -0.2) is 31.1 Å². The minimum absolute atomic E-state index is 0.492. The number of piperidine rings is 1. The normalized spacial score (nSPS) is 37.2. The first-order chi connectivity index (χ1) is 8.30. The van der Waals surface area contributed by atoms with Crippen molar-refractivity contribution in [3.63, 3.8) is 0 Å². The van der Waals surface area contributed by atoms with Gasteiger partial charge in [0, 0.05) is 19.6 Å². The average molecular weight is 236 g/mol. The molecule has 1 aliphatic heterocycles. The summed E-state index contributed by atoms with van der Waals surface area (Å²) >= 11 is 0. The molecule has 2 N–H and O–H groups in total. The Labute approximate surface area is 106 Å². The predicted octanol–water partition coefficient (Wildman–Crippen LogP) is 2.63. The zero-order chi connectivity index (χ0) is 11.7. The number of nitrogens with two attached hydrogens (primary N) is 1. The second kappa shape index (κ2) is 4.89. The van der Waals surface area contributed by atoms with Crippen LogP contribution in [0, 0.1) is 17.3 Å². The van der Waals surface area contributed by atoms with Gasteiger partial charge in [0.25, 0.3) is 0 Å². The molecule has 2 saturated carbocycles. The Bertz CT molecular complexity index is 246. The van der Waals surface area contributed by atoms with Gasteiger partial charge in [-0.3, -0.25) is 0 Å². The summed E-state index contributed by atoms with van der Waals surface area (Å²) in [5, 5.41) is 0. The number of hydrogen-bond acceptors (Lipinski definition) is 2. The third-order valence-corrected chi connectivity index (χ3v) is 5.58. The van der Waals surface area contributed by atoms with Crippen molar-refractivity contribution < 1.29 is 0 Å². The van der Waals surface area contributed by atoms with Gasteiger partial charge in [-0.15, -0.1) is 0 Å². The number of hydrogen-bond donors (Lipinski definition) is 1. The molecule has 2 atom stereocenters. The third kappa shape index (κ3) is 2.53. The summed E-state index contributed by atoms with van der Waals surface area (Å²) in [6.45, 7) is 4.96. The van der Waals surface area contributed by atoms with Crippen molar-refractivity contribution in [3.05, 3.63) is 0 Å². The molecule has 2 unspecified atom stereocenters. The van der Waals surface area contributed by atoms with Crippen LogP contribution in [0.5, 0.6) is 0 Å². The van der Waals surface area contributed by atoms with Crippen molar-refractivity contribution in [1.29, 1.82) is 0 Å². The maximum Gasteiger partial charge on any atom is 0.00503 e. The largest absolute Gasteiger partial charge is 0.330 e. The highest BCUT2D eigenvalue weighted by Gasteiger charge is 2.37. The van der Waals surface area contributed by atoms with Crippen molar-refractivity contribution in [1.82, 2.24) is 4.90 Å². The summed E-state index contributed by atoms with van der Waals surface area (Å²) in [5.74, 6) is 2.03. The molecule has 3 fully saturated rings. The zero-order valence-electron chi connectivity index (χ0n) is 11.2. The molecule has 2 bridgehead atoms. The van der Waals surface area contributed by atoms with E-state index in [1.54, 1.807) is 0 Å². The van der Waals surface area contributed by atoms with Crippen molar-refractivity contribution in [3.8, 4) is 0 Å². The molecular weight excluding hydrogens is 208 g/mol. The fourth-order valence-electron chi connectivity index (χ4n) is 4.69. The van der Waals surface area contributed by atoms with E-state index in [2.05, 4.69) is 4.90 Å². The fourth-order valence-corrected chi connectivity index (χ4v) is 4.69. The van der Waals surface area contributed by atoms with E-state index in [9.17, 15) is 0 Å². The van der Waals surface area contributed by atoms with E-state index < -0.39 is 0 Å². The summed E-state index contributed by atoms with van der Waals surface area (Å²) in [6, 6.07) is 0. The van der Waals surface area contributed by atoms with E-state index >= 15 is 0 Å². The van der Waals surface area contributed by atoms with Gasteiger partial charge in [0.15, 0.2) is 0 Å². The topological polar surface area (TPSA) is 29.3 Å². The average Bonchev–Trinajstić information content (AvgIpc) is 2.78. The quantitative estimate of drug-likeness (QED) is 0.816. The zero-order valence-corrected chi connectivity index (χ0v) is 11.2. The molecule has 1 heterocycles. The molecule has 0 aromatic carbocycles. The number of fused-ring (bicyclic) bond motifs is 2.